The standard InChI is InChI=1S/C21H21N5OS/c1-3-15-10-12-16(13-11-15)19-22-18(27-25-19)14-28-21-24-23-20(26(21)4-2)17-8-6-5-7-9-17/h5-13H,3-4,14H2,1-2H3. The summed E-state index contributed by atoms with van der Waals surface area (Å²) in [5.74, 6) is 2.60. The quantitative estimate of drug-likeness (QED) is 0.419. The smallest absolute Gasteiger partial charge is 0.237 e. The first-order chi connectivity index (χ1) is 13.8. The predicted molar refractivity (Wildman–Crippen MR) is 110 cm³/mol. The van der Waals surface area contributed by atoms with Crippen molar-refractivity contribution in [3.8, 4) is 22.8 Å². The van der Waals surface area contributed by atoms with Gasteiger partial charge in [-0.2, -0.15) is 4.98 Å². The predicted octanol–water partition coefficient (Wildman–Crippen LogP) is 4.87. The molecule has 7 heteroatoms. The maximum absolute atomic E-state index is 5.42. The monoisotopic (exact) mass is 391 g/mol. The number of hydrogen-bond donors (Lipinski definition) is 0. The molecule has 2 aromatic carbocycles. The Kier molecular flexibility index (Phi) is 5.53. The molecule has 142 valence electrons. The normalized spacial score (nSPS) is 11.1. The molecule has 0 fully saturated rings. The van der Waals surface area contributed by atoms with E-state index in [2.05, 4.69) is 50.9 Å². The van der Waals surface area contributed by atoms with Crippen LogP contribution in [0, 0.1) is 0 Å². The maximum Gasteiger partial charge on any atom is 0.237 e. The fourth-order valence-electron chi connectivity index (χ4n) is 2.93. The van der Waals surface area contributed by atoms with Crippen LogP contribution in [0.2, 0.25) is 0 Å². The first-order valence-corrected chi connectivity index (χ1v) is 10.3. The Morgan fingerprint density at radius 1 is 0.929 bits per heavy atom. The minimum Gasteiger partial charge on any atom is -0.338 e. The molecule has 4 aromatic rings. The molecule has 0 N–H and O–H groups in total. The highest BCUT2D eigenvalue weighted by atomic mass is 32.2. The molecule has 2 heterocycles. The molecular formula is C21H21N5OS. The lowest BCUT2D eigenvalue weighted by molar-refractivity contribution is 0.391. The number of hydrogen-bond acceptors (Lipinski definition) is 6. The highest BCUT2D eigenvalue weighted by molar-refractivity contribution is 7.98. The van der Waals surface area contributed by atoms with Gasteiger partial charge in [-0.3, -0.25) is 0 Å². The zero-order valence-electron chi connectivity index (χ0n) is 15.9. The van der Waals surface area contributed by atoms with Crippen LogP contribution in [0.15, 0.2) is 64.3 Å². The maximum atomic E-state index is 5.42. The minimum atomic E-state index is 0.549. The molecule has 0 aliphatic carbocycles. The van der Waals surface area contributed by atoms with Gasteiger partial charge in [0.1, 0.15) is 0 Å². The van der Waals surface area contributed by atoms with E-state index in [1.165, 1.54) is 5.56 Å². The van der Waals surface area contributed by atoms with Crippen molar-refractivity contribution in [2.45, 2.75) is 37.7 Å². The molecule has 0 radical (unpaired) electrons. The number of nitrogens with zero attached hydrogens (tertiary/aromatic N) is 5. The Morgan fingerprint density at radius 2 is 1.71 bits per heavy atom. The van der Waals surface area contributed by atoms with Crippen LogP contribution in [0.25, 0.3) is 22.8 Å². The summed E-state index contributed by atoms with van der Waals surface area (Å²) in [6.07, 6.45) is 1.01. The van der Waals surface area contributed by atoms with Crippen molar-refractivity contribution in [3.05, 3.63) is 66.1 Å². The Labute approximate surface area is 168 Å². The van der Waals surface area contributed by atoms with E-state index in [1.54, 1.807) is 11.8 Å². The van der Waals surface area contributed by atoms with Gasteiger partial charge in [0.05, 0.1) is 5.75 Å². The average molecular weight is 392 g/mol. The SMILES string of the molecule is CCc1ccc(-c2noc(CSc3nnc(-c4ccccc4)n3CC)n2)cc1. The van der Waals surface area contributed by atoms with Gasteiger partial charge in [-0.1, -0.05) is 78.4 Å². The van der Waals surface area contributed by atoms with Gasteiger partial charge >= 0.3 is 0 Å². The summed E-state index contributed by atoms with van der Waals surface area (Å²) in [5.41, 5.74) is 3.30. The number of rotatable bonds is 7. The Bertz CT molecular complexity index is 1040. The lowest BCUT2D eigenvalue weighted by Crippen LogP contribution is -1.99. The highest BCUT2D eigenvalue weighted by Gasteiger charge is 2.15. The first kappa shape index (κ1) is 18.4. The molecule has 2 aromatic heterocycles. The molecule has 4 rings (SSSR count). The lowest BCUT2D eigenvalue weighted by Gasteiger charge is -2.06. The van der Waals surface area contributed by atoms with Crippen molar-refractivity contribution < 1.29 is 4.52 Å². The largest absolute Gasteiger partial charge is 0.338 e. The second-order valence-corrected chi connectivity index (χ2v) is 7.21. The van der Waals surface area contributed by atoms with Crippen LogP contribution < -0.4 is 0 Å². The van der Waals surface area contributed by atoms with E-state index in [4.69, 9.17) is 4.52 Å². The molecule has 0 aliphatic heterocycles. The molecule has 6 nitrogen and oxygen atoms in total. The van der Waals surface area contributed by atoms with Crippen LogP contribution in [-0.2, 0) is 18.7 Å². The zero-order valence-corrected chi connectivity index (χ0v) is 16.7. The van der Waals surface area contributed by atoms with Crippen molar-refractivity contribution in [2.24, 2.45) is 0 Å². The Morgan fingerprint density at radius 3 is 2.43 bits per heavy atom. The van der Waals surface area contributed by atoms with Gasteiger partial charge in [-0.25, -0.2) is 0 Å². The number of aryl methyl sites for hydroxylation is 1. The summed E-state index contributed by atoms with van der Waals surface area (Å²) >= 11 is 1.55. The molecule has 0 bridgehead atoms. The number of benzene rings is 2. The molecule has 0 aliphatic rings. The van der Waals surface area contributed by atoms with Crippen molar-refractivity contribution in [1.29, 1.82) is 0 Å². The summed E-state index contributed by atoms with van der Waals surface area (Å²) in [6, 6.07) is 18.3. The number of thioether (sulfide) groups is 1. The Hall–Kier alpha value is -2.93. The van der Waals surface area contributed by atoms with E-state index in [0.29, 0.717) is 17.5 Å². The third kappa shape index (κ3) is 3.84. The minimum absolute atomic E-state index is 0.549. The molecule has 0 amide bonds. The second kappa shape index (κ2) is 8.39. The van der Waals surface area contributed by atoms with Gasteiger partial charge in [0, 0.05) is 17.7 Å². The van der Waals surface area contributed by atoms with Gasteiger partial charge in [0.2, 0.25) is 11.7 Å². The topological polar surface area (TPSA) is 69.6 Å². The first-order valence-electron chi connectivity index (χ1n) is 9.31. The van der Waals surface area contributed by atoms with Gasteiger partial charge in [-0.15, -0.1) is 10.2 Å². The van der Waals surface area contributed by atoms with Gasteiger partial charge in [0.15, 0.2) is 11.0 Å². The van der Waals surface area contributed by atoms with E-state index >= 15 is 0 Å². The van der Waals surface area contributed by atoms with E-state index in [1.807, 2.05) is 42.5 Å². The van der Waals surface area contributed by atoms with Crippen molar-refractivity contribution in [1.82, 2.24) is 24.9 Å². The van der Waals surface area contributed by atoms with Crippen molar-refractivity contribution in [3.63, 3.8) is 0 Å². The Balaban J connectivity index is 1.48. The summed E-state index contributed by atoms with van der Waals surface area (Å²) < 4.78 is 7.52. The highest BCUT2D eigenvalue weighted by Crippen LogP contribution is 2.26. The van der Waals surface area contributed by atoms with Crippen molar-refractivity contribution in [2.75, 3.05) is 0 Å². The fraction of sp³-hybridized carbons (Fsp3) is 0.238. The van der Waals surface area contributed by atoms with Crippen LogP contribution in [0.1, 0.15) is 25.3 Å². The third-order valence-electron chi connectivity index (χ3n) is 4.48. The molecule has 28 heavy (non-hydrogen) atoms. The van der Waals surface area contributed by atoms with E-state index in [9.17, 15) is 0 Å². The van der Waals surface area contributed by atoms with Crippen molar-refractivity contribution >= 4 is 11.8 Å². The third-order valence-corrected chi connectivity index (χ3v) is 5.43. The fourth-order valence-corrected chi connectivity index (χ4v) is 3.77. The number of aromatic nitrogens is 5. The van der Waals surface area contributed by atoms with Gasteiger partial charge < -0.3 is 9.09 Å². The molecule has 0 atom stereocenters. The van der Waals surface area contributed by atoms with Crippen LogP contribution >= 0.6 is 11.8 Å². The molecule has 0 saturated carbocycles. The molecular weight excluding hydrogens is 370 g/mol. The molecule has 0 spiro atoms. The van der Waals surface area contributed by atoms with Gasteiger partial charge in [0.25, 0.3) is 0 Å². The molecule has 0 saturated heterocycles. The van der Waals surface area contributed by atoms with Crippen LogP contribution in [0.4, 0.5) is 0 Å². The summed E-state index contributed by atoms with van der Waals surface area (Å²) in [4.78, 5) is 4.52. The average Bonchev–Trinajstić information content (AvgIpc) is 3.39. The lowest BCUT2D eigenvalue weighted by atomic mass is 10.1. The van der Waals surface area contributed by atoms with Crippen LogP contribution in [0.3, 0.4) is 0 Å². The second-order valence-electron chi connectivity index (χ2n) is 6.27. The van der Waals surface area contributed by atoms with E-state index in [0.717, 1.165) is 35.1 Å². The van der Waals surface area contributed by atoms with Crippen LogP contribution in [0.5, 0.6) is 0 Å². The summed E-state index contributed by atoms with van der Waals surface area (Å²) in [5, 5.41) is 13.7. The zero-order chi connectivity index (χ0) is 19.3. The van der Waals surface area contributed by atoms with E-state index in [-0.39, 0.29) is 0 Å². The molecule has 0 unspecified atom stereocenters. The van der Waals surface area contributed by atoms with Crippen LogP contribution in [-0.4, -0.2) is 24.9 Å². The summed E-state index contributed by atoms with van der Waals surface area (Å²) in [7, 11) is 0. The summed E-state index contributed by atoms with van der Waals surface area (Å²) in [6.45, 7) is 5.01. The van der Waals surface area contributed by atoms with Gasteiger partial charge in [-0.05, 0) is 18.9 Å². The van der Waals surface area contributed by atoms with E-state index < -0.39 is 0 Å².